The van der Waals surface area contributed by atoms with E-state index in [1.165, 1.54) is 36.0 Å². The third kappa shape index (κ3) is 8.55. The van der Waals surface area contributed by atoms with Crippen molar-refractivity contribution in [3.63, 3.8) is 0 Å². The number of amides is 3. The second-order valence-electron chi connectivity index (χ2n) is 10.7. The van der Waals surface area contributed by atoms with E-state index in [9.17, 15) is 18.8 Å². The number of thioether (sulfide) groups is 1. The number of para-hydroxylation sites is 1. The maximum absolute atomic E-state index is 14.6. The number of aryl methyl sites for hydroxylation is 2. The highest BCUT2D eigenvalue weighted by Gasteiger charge is 2.23. The van der Waals surface area contributed by atoms with Gasteiger partial charge in [-0.3, -0.25) is 14.4 Å². The van der Waals surface area contributed by atoms with Gasteiger partial charge in [0.1, 0.15) is 16.8 Å². The van der Waals surface area contributed by atoms with Crippen molar-refractivity contribution in [3.8, 4) is 0 Å². The third-order valence-corrected chi connectivity index (χ3v) is 8.85. The fourth-order valence-corrected chi connectivity index (χ4v) is 6.03. The first-order valence-corrected chi connectivity index (χ1v) is 16.0. The molecule has 0 aliphatic carbocycles. The lowest BCUT2D eigenvalue weighted by atomic mass is 10.1. The number of rotatable bonds is 10. The molecule has 236 valence electrons. The Balaban J connectivity index is 1.36. The number of nitrogens with one attached hydrogen (secondary N) is 3. The van der Waals surface area contributed by atoms with Crippen LogP contribution in [0, 0.1) is 19.7 Å². The van der Waals surface area contributed by atoms with Gasteiger partial charge in [0.2, 0.25) is 5.91 Å². The summed E-state index contributed by atoms with van der Waals surface area (Å²) in [4.78, 5) is 40.8. The molecule has 3 N–H and O–H groups in total. The van der Waals surface area contributed by atoms with E-state index < -0.39 is 22.9 Å². The molecular weight excluding hydrogens is 633 g/mol. The fourth-order valence-electron chi connectivity index (χ4n) is 4.79. The van der Waals surface area contributed by atoms with E-state index in [1.807, 2.05) is 62.4 Å². The molecule has 0 aliphatic rings. The van der Waals surface area contributed by atoms with E-state index in [2.05, 4.69) is 16.0 Å². The van der Waals surface area contributed by atoms with Crippen LogP contribution in [-0.2, 0) is 9.59 Å². The molecule has 47 heavy (non-hydrogen) atoms. The molecule has 9 heteroatoms. The van der Waals surface area contributed by atoms with Gasteiger partial charge in [-0.25, -0.2) is 4.39 Å². The predicted octanol–water partition coefficient (Wildman–Crippen LogP) is 8.98. The lowest BCUT2D eigenvalue weighted by Crippen LogP contribution is -2.30. The van der Waals surface area contributed by atoms with Gasteiger partial charge >= 0.3 is 0 Å². The molecule has 1 unspecified atom stereocenters. The summed E-state index contributed by atoms with van der Waals surface area (Å²) in [7, 11) is 0. The van der Waals surface area contributed by atoms with Gasteiger partial charge in [-0.2, -0.15) is 0 Å². The largest absolute Gasteiger partial charge is 0.324 e. The first-order valence-electron chi connectivity index (χ1n) is 14.7. The van der Waals surface area contributed by atoms with Crippen LogP contribution in [0.25, 0.3) is 6.08 Å². The van der Waals surface area contributed by atoms with Crippen molar-refractivity contribution in [2.45, 2.75) is 24.0 Å². The number of anilines is 2. The van der Waals surface area contributed by atoms with Crippen LogP contribution in [0.3, 0.4) is 0 Å². The summed E-state index contributed by atoms with van der Waals surface area (Å²) in [5, 5.41) is 7.99. The number of hydrogen-bond acceptors (Lipinski definition) is 4. The summed E-state index contributed by atoms with van der Waals surface area (Å²) in [5.41, 5.74) is 4.09. The van der Waals surface area contributed by atoms with Crippen LogP contribution in [0.5, 0.6) is 0 Å². The molecule has 0 saturated carbocycles. The van der Waals surface area contributed by atoms with Crippen molar-refractivity contribution in [2.24, 2.45) is 0 Å². The van der Waals surface area contributed by atoms with E-state index in [4.69, 9.17) is 11.6 Å². The van der Waals surface area contributed by atoms with Crippen LogP contribution in [0.2, 0.25) is 5.02 Å². The third-order valence-electron chi connectivity index (χ3n) is 7.25. The van der Waals surface area contributed by atoms with E-state index in [1.54, 1.807) is 54.6 Å². The van der Waals surface area contributed by atoms with Crippen molar-refractivity contribution in [2.75, 3.05) is 10.6 Å². The van der Waals surface area contributed by atoms with Gasteiger partial charge < -0.3 is 16.0 Å². The Kier molecular flexibility index (Phi) is 10.9. The molecule has 5 rings (SSSR count). The van der Waals surface area contributed by atoms with E-state index in [0.717, 1.165) is 27.3 Å². The average molecular weight is 664 g/mol. The van der Waals surface area contributed by atoms with E-state index >= 15 is 0 Å². The number of halogens is 2. The smallest absolute Gasteiger partial charge is 0.272 e. The van der Waals surface area contributed by atoms with Crippen molar-refractivity contribution in [1.82, 2.24) is 5.32 Å². The maximum atomic E-state index is 14.6. The second-order valence-corrected chi connectivity index (χ2v) is 12.2. The highest BCUT2D eigenvalue weighted by Crippen LogP contribution is 2.37. The molecule has 0 radical (unpaired) electrons. The topological polar surface area (TPSA) is 87.3 Å². The van der Waals surface area contributed by atoms with Gasteiger partial charge in [0, 0.05) is 27.4 Å². The highest BCUT2D eigenvalue weighted by atomic mass is 35.5. The Morgan fingerprint density at radius 3 is 2.00 bits per heavy atom. The van der Waals surface area contributed by atoms with Crippen LogP contribution in [0.1, 0.15) is 37.9 Å². The Bertz CT molecular complexity index is 1890. The zero-order chi connectivity index (χ0) is 33.3. The SMILES string of the molecule is Cc1cccc(C)c1NC(=O)C(Sc1ccc(NC(=O)/C(=C/c2c(F)cccc2Cl)NC(=O)c2ccccc2)cc1)c1ccccc1. The molecule has 5 aromatic carbocycles. The van der Waals surface area contributed by atoms with Gasteiger partial charge in [-0.05, 0) is 85.1 Å². The highest BCUT2D eigenvalue weighted by molar-refractivity contribution is 8.00. The Morgan fingerprint density at radius 2 is 1.36 bits per heavy atom. The van der Waals surface area contributed by atoms with Gasteiger partial charge in [-0.1, -0.05) is 84.4 Å². The summed E-state index contributed by atoms with van der Waals surface area (Å²) in [5.74, 6) is -2.03. The second kappa shape index (κ2) is 15.4. The fraction of sp³-hybridized carbons (Fsp3) is 0.0789. The number of hydrogen-bond donors (Lipinski definition) is 3. The Labute approximate surface area is 282 Å². The molecule has 0 spiro atoms. The van der Waals surface area contributed by atoms with Gasteiger partial charge in [0.05, 0.1) is 5.02 Å². The number of benzene rings is 5. The number of carbonyl (C=O) groups excluding carboxylic acids is 3. The molecule has 5 aromatic rings. The minimum absolute atomic E-state index is 0.0365. The van der Waals surface area contributed by atoms with Crippen molar-refractivity contribution in [1.29, 1.82) is 0 Å². The molecule has 3 amide bonds. The van der Waals surface area contributed by atoms with E-state index in [-0.39, 0.29) is 22.2 Å². The van der Waals surface area contributed by atoms with Gasteiger partial charge in [0.25, 0.3) is 11.8 Å². The average Bonchev–Trinajstić information content (AvgIpc) is 3.08. The zero-order valence-electron chi connectivity index (χ0n) is 25.6. The summed E-state index contributed by atoms with van der Waals surface area (Å²) in [6.07, 6.45) is 1.21. The van der Waals surface area contributed by atoms with Crippen LogP contribution in [-0.4, -0.2) is 17.7 Å². The summed E-state index contributed by atoms with van der Waals surface area (Å²) >= 11 is 7.59. The Morgan fingerprint density at radius 1 is 0.745 bits per heavy atom. The maximum Gasteiger partial charge on any atom is 0.272 e. The minimum Gasteiger partial charge on any atom is -0.324 e. The molecule has 1 atom stereocenters. The van der Waals surface area contributed by atoms with Gasteiger partial charge in [0.15, 0.2) is 0 Å². The standard InChI is InChI=1S/C38H31ClFN3O3S/c1-24-11-9-12-25(2)34(24)43-38(46)35(26-13-5-3-6-14-26)47-29-21-19-28(20-22-29)41-37(45)33(23-30-31(39)17-10-18-32(30)40)42-36(44)27-15-7-4-8-16-27/h3-23,35H,1-2H3,(H,41,45)(H,42,44)(H,43,46)/b33-23-. The van der Waals surface area contributed by atoms with Crippen LogP contribution < -0.4 is 16.0 Å². The first-order chi connectivity index (χ1) is 22.7. The quantitative estimate of drug-likeness (QED) is 0.103. The predicted molar refractivity (Wildman–Crippen MR) is 188 cm³/mol. The molecule has 0 fully saturated rings. The molecule has 0 heterocycles. The van der Waals surface area contributed by atoms with Crippen molar-refractivity contribution in [3.05, 3.63) is 166 Å². The first kappa shape index (κ1) is 33.2. The monoisotopic (exact) mass is 663 g/mol. The van der Waals surface area contributed by atoms with Crippen LogP contribution in [0.4, 0.5) is 15.8 Å². The van der Waals surface area contributed by atoms with Crippen LogP contribution >= 0.6 is 23.4 Å². The lowest BCUT2D eigenvalue weighted by molar-refractivity contribution is -0.116. The zero-order valence-corrected chi connectivity index (χ0v) is 27.2. The van der Waals surface area contributed by atoms with Gasteiger partial charge in [-0.15, -0.1) is 11.8 Å². The molecule has 0 aliphatic heterocycles. The summed E-state index contributed by atoms with van der Waals surface area (Å²) < 4.78 is 14.6. The lowest BCUT2D eigenvalue weighted by Gasteiger charge is -2.19. The normalized spacial score (nSPS) is 11.8. The molecule has 0 bridgehead atoms. The molecule has 6 nitrogen and oxygen atoms in total. The summed E-state index contributed by atoms with van der Waals surface area (Å²) in [6.45, 7) is 3.91. The number of carbonyl (C=O) groups is 3. The molecule has 0 aromatic heterocycles. The van der Waals surface area contributed by atoms with Crippen molar-refractivity contribution >= 4 is 58.5 Å². The summed E-state index contributed by atoms with van der Waals surface area (Å²) in [6, 6.07) is 34.9. The molecular formula is C38H31ClFN3O3S. The van der Waals surface area contributed by atoms with Crippen molar-refractivity contribution < 1.29 is 18.8 Å². The Hall–Kier alpha value is -5.18. The minimum atomic E-state index is -0.677. The van der Waals surface area contributed by atoms with Crippen LogP contribution in [0.15, 0.2) is 132 Å². The van der Waals surface area contributed by atoms with E-state index in [0.29, 0.717) is 11.3 Å². The molecule has 0 saturated heterocycles.